The van der Waals surface area contributed by atoms with E-state index in [1.54, 1.807) is 11.0 Å². The molecule has 3 aromatic rings. The van der Waals surface area contributed by atoms with E-state index in [0.29, 0.717) is 51.3 Å². The highest BCUT2D eigenvalue weighted by Gasteiger charge is 2.26. The summed E-state index contributed by atoms with van der Waals surface area (Å²) in [6, 6.07) is 17.8. The molecule has 0 unspecified atom stereocenters. The van der Waals surface area contributed by atoms with Crippen molar-refractivity contribution in [1.29, 1.82) is 5.26 Å². The number of hydrogen-bond acceptors (Lipinski definition) is 8. The lowest BCUT2D eigenvalue weighted by Crippen LogP contribution is -2.52. The van der Waals surface area contributed by atoms with E-state index in [9.17, 15) is 4.79 Å². The summed E-state index contributed by atoms with van der Waals surface area (Å²) in [5.41, 5.74) is 3.95. The molecule has 1 N–H and O–H groups in total. The van der Waals surface area contributed by atoms with E-state index in [1.165, 1.54) is 22.9 Å². The van der Waals surface area contributed by atoms with Crippen LogP contribution in [-0.2, 0) is 17.8 Å². The third kappa shape index (κ3) is 6.04. The van der Waals surface area contributed by atoms with Gasteiger partial charge in [-0.05, 0) is 50.4 Å². The minimum atomic E-state index is -0.0648. The van der Waals surface area contributed by atoms with E-state index in [4.69, 9.17) is 20.0 Å². The molecule has 0 spiro atoms. The Balaban J connectivity index is 1.27. The highest BCUT2D eigenvalue weighted by atomic mass is 16.5. The Hall–Kier alpha value is -4.00. The minimum absolute atomic E-state index is 0.00619. The fourth-order valence-electron chi connectivity index (χ4n) is 6.22. The lowest BCUT2D eigenvalue weighted by molar-refractivity contribution is -0.127. The van der Waals surface area contributed by atoms with Crippen LogP contribution in [0.25, 0.3) is 16.8 Å². The van der Waals surface area contributed by atoms with Crippen molar-refractivity contribution in [3.05, 3.63) is 65.5 Å². The van der Waals surface area contributed by atoms with E-state index in [1.807, 2.05) is 6.08 Å². The summed E-state index contributed by atoms with van der Waals surface area (Å²) < 4.78 is 6.19. The number of nitriles is 1. The van der Waals surface area contributed by atoms with Crippen LogP contribution in [0.2, 0.25) is 0 Å². The molecule has 0 aliphatic carbocycles. The SMILES string of the molecule is CN1CCC[C@H]1COc1nc(C=CC(=O)N2CCN[C@@H](CC#N)C2)c2c(n1)CN(c1cccc3ccccc13)CC2. The number of rotatable bonds is 7. The summed E-state index contributed by atoms with van der Waals surface area (Å²) in [6.07, 6.45) is 6.88. The van der Waals surface area contributed by atoms with Crippen molar-refractivity contribution in [3.8, 4) is 12.1 Å². The second kappa shape index (κ2) is 12.2. The van der Waals surface area contributed by atoms with Gasteiger partial charge in [-0.1, -0.05) is 36.4 Å². The number of amides is 1. The van der Waals surface area contributed by atoms with Crippen LogP contribution in [0.4, 0.5) is 5.69 Å². The quantitative estimate of drug-likeness (QED) is 0.447. The number of ether oxygens (including phenoxy) is 1. The van der Waals surface area contributed by atoms with Crippen LogP contribution in [0.1, 0.15) is 36.2 Å². The number of carbonyl (C=O) groups excluding carboxylic acids is 1. The van der Waals surface area contributed by atoms with Crippen LogP contribution in [0.5, 0.6) is 6.01 Å². The number of nitrogens with one attached hydrogen (secondary N) is 1. The fourth-order valence-corrected chi connectivity index (χ4v) is 6.22. The van der Waals surface area contributed by atoms with Crippen molar-refractivity contribution >= 4 is 28.4 Å². The number of fused-ring (bicyclic) bond motifs is 2. The molecule has 6 rings (SSSR count). The molecule has 2 fully saturated rings. The van der Waals surface area contributed by atoms with Crippen LogP contribution < -0.4 is 15.0 Å². The van der Waals surface area contributed by atoms with Gasteiger partial charge in [0, 0.05) is 61.0 Å². The first kappa shape index (κ1) is 27.2. The molecule has 3 aliphatic heterocycles. The number of benzene rings is 2. The van der Waals surface area contributed by atoms with Crippen LogP contribution >= 0.6 is 0 Å². The minimum Gasteiger partial charge on any atom is -0.462 e. The zero-order valence-electron chi connectivity index (χ0n) is 23.6. The van der Waals surface area contributed by atoms with Crippen molar-refractivity contribution < 1.29 is 9.53 Å². The first-order valence-electron chi connectivity index (χ1n) is 14.6. The molecule has 2 aromatic carbocycles. The number of aromatic nitrogens is 2. The molecule has 41 heavy (non-hydrogen) atoms. The van der Waals surface area contributed by atoms with Gasteiger partial charge in [0.25, 0.3) is 0 Å². The fraction of sp³-hybridized carbons (Fsp3) is 0.438. The molecule has 3 aliphatic rings. The van der Waals surface area contributed by atoms with Gasteiger partial charge in [-0.2, -0.15) is 15.2 Å². The molecule has 1 aromatic heterocycles. The van der Waals surface area contributed by atoms with Gasteiger partial charge in [0.05, 0.1) is 30.4 Å². The number of likely N-dealkylation sites (tertiary alicyclic amines) is 1. The summed E-state index contributed by atoms with van der Waals surface area (Å²) in [7, 11) is 2.13. The van der Waals surface area contributed by atoms with Gasteiger partial charge in [-0.3, -0.25) is 4.79 Å². The van der Waals surface area contributed by atoms with Gasteiger partial charge in [-0.15, -0.1) is 0 Å². The lowest BCUT2D eigenvalue weighted by atomic mass is 10.0. The number of piperazine rings is 1. The maximum atomic E-state index is 13.1. The van der Waals surface area contributed by atoms with E-state index >= 15 is 0 Å². The maximum Gasteiger partial charge on any atom is 0.317 e. The molecular weight excluding hydrogens is 514 g/mol. The number of nitrogens with zero attached hydrogens (tertiary/aromatic N) is 6. The maximum absolute atomic E-state index is 13.1. The van der Waals surface area contributed by atoms with Gasteiger partial charge in [-0.25, -0.2) is 0 Å². The lowest BCUT2D eigenvalue weighted by Gasteiger charge is -2.32. The number of hydrogen-bond donors (Lipinski definition) is 1. The highest BCUT2D eigenvalue weighted by molar-refractivity contribution is 5.94. The number of carbonyl (C=O) groups is 1. The van der Waals surface area contributed by atoms with Crippen LogP contribution in [0, 0.1) is 11.3 Å². The van der Waals surface area contributed by atoms with E-state index in [0.717, 1.165) is 42.9 Å². The Labute approximate surface area is 241 Å². The van der Waals surface area contributed by atoms with Gasteiger partial charge >= 0.3 is 6.01 Å². The van der Waals surface area contributed by atoms with Gasteiger partial charge in [0.15, 0.2) is 0 Å². The van der Waals surface area contributed by atoms with Crippen molar-refractivity contribution in [2.24, 2.45) is 0 Å². The molecule has 212 valence electrons. The first-order chi connectivity index (χ1) is 20.1. The first-order valence-corrected chi connectivity index (χ1v) is 14.6. The molecule has 2 atom stereocenters. The summed E-state index contributed by atoms with van der Waals surface area (Å²) in [5.74, 6) is -0.0648. The molecule has 9 nitrogen and oxygen atoms in total. The smallest absolute Gasteiger partial charge is 0.317 e. The molecule has 0 bridgehead atoms. The Morgan fingerprint density at radius 1 is 1.17 bits per heavy atom. The normalized spacial score (nSPS) is 21.3. The van der Waals surface area contributed by atoms with E-state index in [2.05, 4.69) is 70.7 Å². The Kier molecular flexibility index (Phi) is 8.12. The molecule has 0 radical (unpaired) electrons. The van der Waals surface area contributed by atoms with Crippen LogP contribution in [0.3, 0.4) is 0 Å². The second-order valence-corrected chi connectivity index (χ2v) is 11.2. The molecule has 0 saturated carbocycles. The van der Waals surface area contributed by atoms with Crippen molar-refractivity contribution in [2.45, 2.75) is 44.3 Å². The molecule has 1 amide bonds. The molecule has 4 heterocycles. The van der Waals surface area contributed by atoms with Crippen molar-refractivity contribution in [2.75, 3.05) is 51.3 Å². The summed E-state index contributed by atoms with van der Waals surface area (Å²) in [5, 5.41) is 14.8. The van der Waals surface area contributed by atoms with Gasteiger partial charge in [0.2, 0.25) is 5.91 Å². The summed E-state index contributed by atoms with van der Waals surface area (Å²) in [6.45, 7) is 4.94. The largest absolute Gasteiger partial charge is 0.462 e. The third-order valence-electron chi connectivity index (χ3n) is 8.55. The third-order valence-corrected chi connectivity index (χ3v) is 8.55. The zero-order chi connectivity index (χ0) is 28.2. The standard InChI is InChI=1S/C32H37N7O2/c1-37-17-5-8-25(37)22-41-32-35-28(11-12-31(40)39-19-16-34-24(20-39)13-15-33)27-14-18-38(21-29(27)36-32)30-10-4-7-23-6-2-3-9-26(23)30/h2-4,6-7,9-12,24-25,34H,5,8,13-14,16-22H2,1H3/t24-,25-/m0/s1. The van der Waals surface area contributed by atoms with Gasteiger partial charge < -0.3 is 24.8 Å². The molecule has 2 saturated heterocycles. The molecule has 9 heteroatoms. The van der Waals surface area contributed by atoms with E-state index in [-0.39, 0.29) is 11.9 Å². The zero-order valence-corrected chi connectivity index (χ0v) is 23.6. The summed E-state index contributed by atoms with van der Waals surface area (Å²) >= 11 is 0. The Bertz CT molecular complexity index is 1480. The van der Waals surface area contributed by atoms with Gasteiger partial charge in [0.1, 0.15) is 6.61 Å². The van der Waals surface area contributed by atoms with E-state index < -0.39 is 0 Å². The Morgan fingerprint density at radius 3 is 2.90 bits per heavy atom. The van der Waals surface area contributed by atoms with Crippen molar-refractivity contribution in [3.63, 3.8) is 0 Å². The second-order valence-electron chi connectivity index (χ2n) is 11.2. The predicted octanol–water partition coefficient (Wildman–Crippen LogP) is 3.39. The van der Waals surface area contributed by atoms with Crippen molar-refractivity contribution in [1.82, 2.24) is 25.1 Å². The predicted molar refractivity (Wildman–Crippen MR) is 160 cm³/mol. The summed E-state index contributed by atoms with van der Waals surface area (Å²) in [4.78, 5) is 29.3. The topological polar surface area (TPSA) is 97.6 Å². The van der Waals surface area contributed by atoms with Crippen LogP contribution in [-0.4, -0.2) is 84.1 Å². The molecular formula is C32H37N7O2. The highest BCUT2D eigenvalue weighted by Crippen LogP contribution is 2.32. The number of anilines is 1. The monoisotopic (exact) mass is 551 g/mol. The average molecular weight is 552 g/mol. The van der Waals surface area contributed by atoms with Crippen LogP contribution in [0.15, 0.2) is 48.5 Å². The Morgan fingerprint density at radius 2 is 2.05 bits per heavy atom. The number of likely N-dealkylation sites (N-methyl/N-ethyl adjacent to an activating group) is 1. The average Bonchev–Trinajstić information content (AvgIpc) is 3.42.